The van der Waals surface area contributed by atoms with Crippen LogP contribution in [0.15, 0.2) is 48.5 Å². The number of hydrogen-bond donors (Lipinski definition) is 1. The van der Waals surface area contributed by atoms with Crippen molar-refractivity contribution in [3.63, 3.8) is 0 Å². The van der Waals surface area contributed by atoms with Gasteiger partial charge < -0.3 is 19.7 Å². The summed E-state index contributed by atoms with van der Waals surface area (Å²) in [5.74, 6) is 1.51. The van der Waals surface area contributed by atoms with Crippen molar-refractivity contribution in [2.24, 2.45) is 5.92 Å². The Morgan fingerprint density at radius 1 is 1.06 bits per heavy atom. The topological polar surface area (TPSA) is 81.5 Å². The Balaban J connectivity index is 1.34. The standard InChI is InChI=1S/C25H27N5O3S/c1-16-22-23(30(28-16)19-8-12-21(33-3)13-9-19)27-25(34-22)29-14-4-5-17(15-29)24(31)26-18-6-10-20(32-2)11-7-18/h6-13,17H,4-5,14-15H2,1-3H3,(H,26,31). The number of carbonyl (C=O) groups is 1. The molecule has 2 aromatic heterocycles. The largest absolute Gasteiger partial charge is 0.497 e. The molecular weight excluding hydrogens is 450 g/mol. The van der Waals surface area contributed by atoms with Gasteiger partial charge in [0.2, 0.25) is 5.91 Å². The van der Waals surface area contributed by atoms with Crippen LogP contribution in [-0.4, -0.2) is 48.0 Å². The van der Waals surface area contributed by atoms with Crippen LogP contribution in [0.2, 0.25) is 0 Å². The third-order valence-corrected chi connectivity index (χ3v) is 7.33. The number of aryl methyl sites for hydroxylation is 1. The maximum atomic E-state index is 13.0. The fourth-order valence-electron chi connectivity index (χ4n) is 4.25. The number of ether oxygens (including phenoxy) is 2. The minimum atomic E-state index is -0.0953. The van der Waals surface area contributed by atoms with Crippen LogP contribution in [0.25, 0.3) is 16.0 Å². The summed E-state index contributed by atoms with van der Waals surface area (Å²) >= 11 is 1.64. The number of nitrogens with zero attached hydrogens (tertiary/aromatic N) is 4. The Morgan fingerprint density at radius 3 is 2.41 bits per heavy atom. The normalized spacial score (nSPS) is 16.0. The third-order valence-electron chi connectivity index (χ3n) is 6.11. The quantitative estimate of drug-likeness (QED) is 0.435. The molecule has 0 aliphatic carbocycles. The minimum Gasteiger partial charge on any atom is -0.497 e. The molecule has 176 valence electrons. The summed E-state index contributed by atoms with van der Waals surface area (Å²) in [6, 6.07) is 15.2. The highest BCUT2D eigenvalue weighted by Crippen LogP contribution is 2.35. The van der Waals surface area contributed by atoms with E-state index in [-0.39, 0.29) is 11.8 Å². The molecule has 3 heterocycles. The molecule has 0 saturated carbocycles. The SMILES string of the molecule is COc1ccc(NC(=O)C2CCCN(c3nc4c(s3)c(C)nn4-c3ccc(OC)cc3)C2)cc1. The summed E-state index contributed by atoms with van der Waals surface area (Å²) in [4.78, 5) is 20.1. The molecule has 9 heteroatoms. The highest BCUT2D eigenvalue weighted by molar-refractivity contribution is 7.22. The molecule has 4 aromatic rings. The number of rotatable bonds is 6. The highest BCUT2D eigenvalue weighted by Gasteiger charge is 2.28. The molecule has 34 heavy (non-hydrogen) atoms. The Morgan fingerprint density at radius 2 is 1.74 bits per heavy atom. The molecule has 1 aliphatic rings. The zero-order valence-electron chi connectivity index (χ0n) is 19.4. The van der Waals surface area contributed by atoms with Crippen LogP contribution in [-0.2, 0) is 4.79 Å². The van der Waals surface area contributed by atoms with E-state index in [9.17, 15) is 4.79 Å². The van der Waals surface area contributed by atoms with E-state index in [1.807, 2.05) is 60.1 Å². The molecular formula is C25H27N5O3S. The lowest BCUT2D eigenvalue weighted by atomic mass is 9.97. The number of methoxy groups -OCH3 is 2. The summed E-state index contributed by atoms with van der Waals surface area (Å²) in [6.07, 6.45) is 1.81. The average molecular weight is 478 g/mol. The number of piperidine rings is 1. The van der Waals surface area contributed by atoms with Crippen LogP contribution >= 0.6 is 11.3 Å². The van der Waals surface area contributed by atoms with Gasteiger partial charge in [0.1, 0.15) is 11.5 Å². The summed E-state index contributed by atoms with van der Waals surface area (Å²) < 4.78 is 13.4. The third kappa shape index (κ3) is 4.31. The van der Waals surface area contributed by atoms with Crippen LogP contribution < -0.4 is 19.7 Å². The van der Waals surface area contributed by atoms with Crippen molar-refractivity contribution in [1.82, 2.24) is 14.8 Å². The maximum absolute atomic E-state index is 13.0. The molecule has 0 radical (unpaired) electrons. The molecule has 0 bridgehead atoms. The lowest BCUT2D eigenvalue weighted by Crippen LogP contribution is -2.40. The van der Waals surface area contributed by atoms with Crippen LogP contribution in [0.3, 0.4) is 0 Å². The summed E-state index contributed by atoms with van der Waals surface area (Å²) in [5, 5.41) is 8.67. The summed E-state index contributed by atoms with van der Waals surface area (Å²) in [6.45, 7) is 3.54. The first-order valence-electron chi connectivity index (χ1n) is 11.3. The average Bonchev–Trinajstić information content (AvgIpc) is 3.45. The van der Waals surface area contributed by atoms with Gasteiger partial charge in [-0.05, 0) is 68.3 Å². The Bertz CT molecular complexity index is 1300. The number of carbonyl (C=O) groups excluding carboxylic acids is 1. The van der Waals surface area contributed by atoms with E-state index in [1.165, 1.54) is 0 Å². The predicted molar refractivity (Wildman–Crippen MR) is 135 cm³/mol. The van der Waals surface area contributed by atoms with Crippen molar-refractivity contribution in [1.29, 1.82) is 0 Å². The number of aromatic nitrogens is 3. The first-order valence-corrected chi connectivity index (χ1v) is 12.1. The first kappa shape index (κ1) is 22.2. The number of fused-ring (bicyclic) bond motifs is 1. The number of hydrogen-bond acceptors (Lipinski definition) is 7. The van der Waals surface area contributed by atoms with E-state index >= 15 is 0 Å². The second-order valence-electron chi connectivity index (χ2n) is 8.35. The number of nitrogens with one attached hydrogen (secondary N) is 1. The first-order chi connectivity index (χ1) is 16.6. The molecule has 1 unspecified atom stereocenters. The number of amides is 1. The Labute approximate surface area is 202 Å². The van der Waals surface area contributed by atoms with Gasteiger partial charge in [0.15, 0.2) is 10.8 Å². The molecule has 8 nitrogen and oxygen atoms in total. The summed E-state index contributed by atoms with van der Waals surface area (Å²) in [5.41, 5.74) is 3.50. The fraction of sp³-hybridized carbons (Fsp3) is 0.320. The van der Waals surface area contributed by atoms with Crippen LogP contribution in [0.1, 0.15) is 18.5 Å². The van der Waals surface area contributed by atoms with Gasteiger partial charge in [0.05, 0.1) is 36.2 Å². The van der Waals surface area contributed by atoms with Gasteiger partial charge in [-0.2, -0.15) is 10.1 Å². The van der Waals surface area contributed by atoms with Crippen LogP contribution in [0.4, 0.5) is 10.8 Å². The second-order valence-corrected chi connectivity index (χ2v) is 9.32. The molecule has 1 amide bonds. The lowest BCUT2D eigenvalue weighted by Gasteiger charge is -2.31. The smallest absolute Gasteiger partial charge is 0.229 e. The van der Waals surface area contributed by atoms with Crippen molar-refractivity contribution in [2.75, 3.05) is 37.5 Å². The van der Waals surface area contributed by atoms with Gasteiger partial charge >= 0.3 is 0 Å². The molecule has 0 spiro atoms. The van der Waals surface area contributed by atoms with Crippen molar-refractivity contribution in [2.45, 2.75) is 19.8 Å². The maximum Gasteiger partial charge on any atom is 0.229 e. The van der Waals surface area contributed by atoms with E-state index in [4.69, 9.17) is 19.6 Å². The zero-order chi connectivity index (χ0) is 23.7. The summed E-state index contributed by atoms with van der Waals surface area (Å²) in [7, 11) is 3.28. The van der Waals surface area contributed by atoms with E-state index < -0.39 is 0 Å². The van der Waals surface area contributed by atoms with Gasteiger partial charge in [-0.3, -0.25) is 4.79 Å². The van der Waals surface area contributed by atoms with Gasteiger partial charge in [-0.15, -0.1) is 0 Å². The predicted octanol–water partition coefficient (Wildman–Crippen LogP) is 4.66. The van der Waals surface area contributed by atoms with Gasteiger partial charge in [0, 0.05) is 18.8 Å². The van der Waals surface area contributed by atoms with Crippen molar-refractivity contribution >= 4 is 38.4 Å². The minimum absolute atomic E-state index is 0.0385. The molecule has 1 aliphatic heterocycles. The van der Waals surface area contributed by atoms with E-state index in [0.717, 1.165) is 63.4 Å². The zero-order valence-corrected chi connectivity index (χ0v) is 20.3. The number of anilines is 2. The van der Waals surface area contributed by atoms with Crippen LogP contribution in [0.5, 0.6) is 11.5 Å². The molecule has 1 fully saturated rings. The highest BCUT2D eigenvalue weighted by atomic mass is 32.1. The molecule has 1 saturated heterocycles. The van der Waals surface area contributed by atoms with Gasteiger partial charge in [-0.25, -0.2) is 4.68 Å². The monoisotopic (exact) mass is 477 g/mol. The Kier molecular flexibility index (Phi) is 6.10. The van der Waals surface area contributed by atoms with E-state index in [1.54, 1.807) is 25.6 Å². The fourth-order valence-corrected chi connectivity index (χ4v) is 5.27. The van der Waals surface area contributed by atoms with Crippen molar-refractivity contribution in [3.8, 4) is 17.2 Å². The molecule has 5 rings (SSSR count). The molecule has 1 N–H and O–H groups in total. The van der Waals surface area contributed by atoms with E-state index in [0.29, 0.717) is 6.54 Å². The van der Waals surface area contributed by atoms with Crippen molar-refractivity contribution in [3.05, 3.63) is 54.2 Å². The molecule has 2 aromatic carbocycles. The molecule has 1 atom stereocenters. The van der Waals surface area contributed by atoms with Crippen molar-refractivity contribution < 1.29 is 14.3 Å². The van der Waals surface area contributed by atoms with Gasteiger partial charge in [-0.1, -0.05) is 11.3 Å². The van der Waals surface area contributed by atoms with E-state index in [2.05, 4.69) is 10.2 Å². The lowest BCUT2D eigenvalue weighted by molar-refractivity contribution is -0.120. The van der Waals surface area contributed by atoms with Crippen LogP contribution in [0, 0.1) is 12.8 Å². The van der Waals surface area contributed by atoms with Gasteiger partial charge in [0.25, 0.3) is 0 Å². The number of thiazole rings is 1. The Hall–Kier alpha value is -3.59. The number of benzene rings is 2. The second kappa shape index (κ2) is 9.34.